The summed E-state index contributed by atoms with van der Waals surface area (Å²) in [4.78, 5) is 8.37. The number of hydrogen-bond donors (Lipinski definition) is 1. The molecular formula is C20H18BrCl2N3O. The highest BCUT2D eigenvalue weighted by Gasteiger charge is 2.15. The van der Waals surface area contributed by atoms with Crippen LogP contribution in [0.25, 0.3) is 11.3 Å². The number of hydrogen-bond acceptors (Lipinski definition) is 4. The highest BCUT2D eigenvalue weighted by Crippen LogP contribution is 2.35. The second kappa shape index (κ2) is 8.91. The summed E-state index contributed by atoms with van der Waals surface area (Å²) in [5.41, 5.74) is 9.96. The van der Waals surface area contributed by atoms with Crippen molar-refractivity contribution in [2.75, 3.05) is 12.8 Å². The Kier molecular flexibility index (Phi) is 6.58. The summed E-state index contributed by atoms with van der Waals surface area (Å²) in [6.07, 6.45) is 3.96. The first-order chi connectivity index (χ1) is 13.0. The number of nitrogen functional groups attached to an aromatic ring is 1. The number of rotatable bonds is 2. The second-order valence-corrected chi connectivity index (χ2v) is 7.60. The van der Waals surface area contributed by atoms with Crippen LogP contribution >= 0.6 is 39.1 Å². The van der Waals surface area contributed by atoms with E-state index in [2.05, 4.69) is 50.2 Å². The average Bonchev–Trinajstić information content (AvgIpc) is 3.13. The number of nitrogens with zero attached hydrogens (tertiary/aromatic N) is 2. The number of nitrogens with two attached hydrogens (primary N) is 1. The number of aromatic nitrogens is 2. The van der Waals surface area contributed by atoms with Crippen molar-refractivity contribution in [3.63, 3.8) is 0 Å². The fourth-order valence-electron chi connectivity index (χ4n) is 2.93. The fraction of sp³-hybridized carbons (Fsp3) is 0.200. The maximum Gasteiger partial charge on any atom is 0.242 e. The first kappa shape index (κ1) is 19.9. The normalized spacial score (nSPS) is 12.1. The van der Waals surface area contributed by atoms with Crippen LogP contribution in [0.1, 0.15) is 17.5 Å². The average molecular weight is 467 g/mol. The second-order valence-electron chi connectivity index (χ2n) is 6.00. The van der Waals surface area contributed by atoms with Crippen molar-refractivity contribution in [2.45, 2.75) is 19.3 Å². The van der Waals surface area contributed by atoms with Crippen LogP contribution in [0.4, 0.5) is 5.82 Å². The molecule has 0 spiro atoms. The third-order valence-electron chi connectivity index (χ3n) is 4.24. The van der Waals surface area contributed by atoms with Gasteiger partial charge in [0.2, 0.25) is 5.88 Å². The van der Waals surface area contributed by atoms with Crippen LogP contribution < -0.4 is 10.5 Å². The standard InChI is InChI=1S/C11H8BrCl2N3O.C9H10/c1-18-11-8(16-9(12)10(15)17-11)6-3-2-5(13)4-7(6)14;1-2-5-9-7-3-6-8(9)4-1/h2-4H,1H3,(H2,15,17);1-2,4-5H,3,6-7H2. The molecule has 4 rings (SSSR count). The molecule has 0 unspecified atom stereocenters. The number of halogens is 3. The number of anilines is 1. The van der Waals surface area contributed by atoms with Gasteiger partial charge in [0.15, 0.2) is 5.82 Å². The lowest BCUT2D eigenvalue weighted by molar-refractivity contribution is 0.398. The van der Waals surface area contributed by atoms with Gasteiger partial charge in [0, 0.05) is 10.6 Å². The first-order valence-electron chi connectivity index (χ1n) is 8.38. The summed E-state index contributed by atoms with van der Waals surface area (Å²) < 4.78 is 5.59. The van der Waals surface area contributed by atoms with Crippen LogP contribution in [-0.4, -0.2) is 17.1 Å². The Hall–Kier alpha value is -1.82. The van der Waals surface area contributed by atoms with E-state index in [0.717, 1.165) is 0 Å². The topological polar surface area (TPSA) is 61.0 Å². The summed E-state index contributed by atoms with van der Waals surface area (Å²) in [6, 6.07) is 13.8. The van der Waals surface area contributed by atoms with Gasteiger partial charge in [0.25, 0.3) is 0 Å². The molecule has 2 aromatic carbocycles. The lowest BCUT2D eigenvalue weighted by atomic mass is 10.1. The van der Waals surface area contributed by atoms with E-state index < -0.39 is 0 Å². The van der Waals surface area contributed by atoms with Gasteiger partial charge < -0.3 is 10.5 Å². The van der Waals surface area contributed by atoms with E-state index in [1.807, 2.05) is 0 Å². The van der Waals surface area contributed by atoms with Crippen molar-refractivity contribution in [1.82, 2.24) is 9.97 Å². The molecule has 1 aliphatic rings. The van der Waals surface area contributed by atoms with E-state index in [0.29, 0.717) is 31.8 Å². The monoisotopic (exact) mass is 465 g/mol. The molecule has 140 valence electrons. The maximum absolute atomic E-state index is 6.13. The van der Waals surface area contributed by atoms with E-state index in [-0.39, 0.29) is 5.82 Å². The van der Waals surface area contributed by atoms with E-state index in [1.165, 1.54) is 26.4 Å². The quantitative estimate of drug-likeness (QED) is 0.504. The molecule has 0 bridgehead atoms. The van der Waals surface area contributed by atoms with Crippen LogP contribution in [0, 0.1) is 0 Å². The summed E-state index contributed by atoms with van der Waals surface area (Å²) in [6.45, 7) is 0. The van der Waals surface area contributed by atoms with Gasteiger partial charge in [-0.15, -0.1) is 0 Å². The van der Waals surface area contributed by atoms with Gasteiger partial charge in [-0.25, -0.2) is 4.98 Å². The molecule has 7 heteroatoms. The molecule has 4 nitrogen and oxygen atoms in total. The maximum atomic E-state index is 6.13. The van der Waals surface area contributed by atoms with E-state index >= 15 is 0 Å². The number of ether oxygens (including phenoxy) is 1. The predicted molar refractivity (Wildman–Crippen MR) is 115 cm³/mol. The predicted octanol–water partition coefficient (Wildman–Crippen LogP) is 5.98. The largest absolute Gasteiger partial charge is 0.479 e. The molecule has 0 saturated carbocycles. The zero-order valence-corrected chi connectivity index (χ0v) is 17.8. The number of aryl methyl sites for hydroxylation is 2. The van der Waals surface area contributed by atoms with Crippen molar-refractivity contribution in [3.8, 4) is 17.1 Å². The minimum Gasteiger partial charge on any atom is -0.479 e. The molecule has 1 aliphatic carbocycles. The van der Waals surface area contributed by atoms with Crippen molar-refractivity contribution < 1.29 is 4.74 Å². The smallest absolute Gasteiger partial charge is 0.242 e. The summed E-state index contributed by atoms with van der Waals surface area (Å²) >= 11 is 15.2. The van der Waals surface area contributed by atoms with E-state index in [4.69, 9.17) is 33.7 Å². The molecule has 1 heterocycles. The first-order valence-corrected chi connectivity index (χ1v) is 9.93. The van der Waals surface area contributed by atoms with Crippen LogP contribution in [0.3, 0.4) is 0 Å². The Labute approximate surface area is 176 Å². The van der Waals surface area contributed by atoms with Crippen molar-refractivity contribution >= 4 is 44.9 Å². The van der Waals surface area contributed by atoms with Crippen LogP contribution in [-0.2, 0) is 12.8 Å². The molecule has 0 fully saturated rings. The molecule has 1 aromatic heterocycles. The Morgan fingerprint density at radius 2 is 1.70 bits per heavy atom. The zero-order valence-electron chi connectivity index (χ0n) is 14.7. The summed E-state index contributed by atoms with van der Waals surface area (Å²) in [7, 11) is 1.49. The number of fused-ring (bicyclic) bond motifs is 1. The lowest BCUT2D eigenvalue weighted by Crippen LogP contribution is -2.01. The van der Waals surface area contributed by atoms with E-state index in [1.54, 1.807) is 29.3 Å². The fourth-order valence-corrected chi connectivity index (χ4v) is 3.69. The molecule has 2 N–H and O–H groups in total. The summed E-state index contributed by atoms with van der Waals surface area (Å²) in [5, 5.41) is 1.01. The van der Waals surface area contributed by atoms with Gasteiger partial charge in [-0.05, 0) is 64.5 Å². The summed E-state index contributed by atoms with van der Waals surface area (Å²) in [5.74, 6) is 0.556. The van der Waals surface area contributed by atoms with Crippen molar-refractivity contribution in [1.29, 1.82) is 0 Å². The van der Waals surface area contributed by atoms with Crippen LogP contribution in [0.5, 0.6) is 5.88 Å². The van der Waals surface area contributed by atoms with Gasteiger partial charge in [-0.3, -0.25) is 0 Å². The van der Waals surface area contributed by atoms with Crippen LogP contribution in [0.15, 0.2) is 47.1 Å². The van der Waals surface area contributed by atoms with Crippen molar-refractivity contribution in [3.05, 3.63) is 68.2 Å². The zero-order chi connectivity index (χ0) is 19.4. The lowest BCUT2D eigenvalue weighted by Gasteiger charge is -2.10. The molecule has 0 saturated heterocycles. The Morgan fingerprint density at radius 1 is 1.04 bits per heavy atom. The molecule has 0 aliphatic heterocycles. The molecule has 27 heavy (non-hydrogen) atoms. The minimum absolute atomic E-state index is 0.251. The van der Waals surface area contributed by atoms with Crippen molar-refractivity contribution in [2.24, 2.45) is 0 Å². The van der Waals surface area contributed by atoms with Gasteiger partial charge in [0.05, 0.1) is 12.1 Å². The highest BCUT2D eigenvalue weighted by atomic mass is 79.9. The van der Waals surface area contributed by atoms with Crippen LogP contribution in [0.2, 0.25) is 10.0 Å². The molecule has 0 radical (unpaired) electrons. The Morgan fingerprint density at radius 3 is 2.30 bits per heavy atom. The van der Waals surface area contributed by atoms with Gasteiger partial charge >= 0.3 is 0 Å². The SMILES string of the molecule is COc1nc(N)c(Br)nc1-c1ccc(Cl)cc1Cl.c1ccc2c(c1)CCC2. The number of benzene rings is 2. The van der Waals surface area contributed by atoms with E-state index in [9.17, 15) is 0 Å². The van der Waals surface area contributed by atoms with Gasteiger partial charge in [-0.2, -0.15) is 4.98 Å². The number of methoxy groups -OCH3 is 1. The van der Waals surface area contributed by atoms with Gasteiger partial charge in [-0.1, -0.05) is 47.5 Å². The molecular weight excluding hydrogens is 449 g/mol. The Bertz CT molecular complexity index is 943. The third-order valence-corrected chi connectivity index (χ3v) is 5.37. The molecule has 0 atom stereocenters. The minimum atomic E-state index is 0.251. The third kappa shape index (κ3) is 4.72. The molecule has 3 aromatic rings. The molecule has 0 amide bonds. The Balaban J connectivity index is 0.000000193. The highest BCUT2D eigenvalue weighted by molar-refractivity contribution is 9.10. The van der Waals surface area contributed by atoms with Gasteiger partial charge in [0.1, 0.15) is 10.3 Å².